The van der Waals surface area contributed by atoms with Crippen LogP contribution in [0.2, 0.25) is 0 Å². The lowest BCUT2D eigenvalue weighted by Crippen LogP contribution is -1.89. The summed E-state index contributed by atoms with van der Waals surface area (Å²) in [7, 11) is 0. The van der Waals surface area contributed by atoms with Crippen molar-refractivity contribution < 1.29 is 15.0 Å². The number of aryl methyl sites for hydroxylation is 1. The van der Waals surface area contributed by atoms with E-state index >= 15 is 0 Å². The Hall–Kier alpha value is -1.81. The quantitative estimate of drug-likeness (QED) is 0.839. The number of rotatable bonds is 2. The molecule has 0 saturated carbocycles. The molecular formula is C12H10O3S. The fraction of sp³-hybridized carbons (Fsp3) is 0.0833. The predicted molar refractivity (Wildman–Crippen MR) is 63.1 cm³/mol. The minimum atomic E-state index is -0.940. The first-order valence-electron chi connectivity index (χ1n) is 4.71. The van der Waals surface area contributed by atoms with Gasteiger partial charge in [0, 0.05) is 10.4 Å². The van der Waals surface area contributed by atoms with Crippen molar-refractivity contribution in [3.8, 4) is 16.2 Å². The summed E-state index contributed by atoms with van der Waals surface area (Å²) in [6.07, 6.45) is 0. The van der Waals surface area contributed by atoms with E-state index in [0.29, 0.717) is 5.56 Å². The Morgan fingerprint density at radius 3 is 2.56 bits per heavy atom. The van der Waals surface area contributed by atoms with Gasteiger partial charge in [0.25, 0.3) is 0 Å². The van der Waals surface area contributed by atoms with Crippen LogP contribution < -0.4 is 0 Å². The van der Waals surface area contributed by atoms with Gasteiger partial charge in [-0.3, -0.25) is 0 Å². The lowest BCUT2D eigenvalue weighted by Gasteiger charge is -2.05. The normalized spacial score (nSPS) is 10.3. The summed E-state index contributed by atoms with van der Waals surface area (Å²) < 4.78 is 0. The summed E-state index contributed by atoms with van der Waals surface area (Å²) >= 11 is 1.16. The second kappa shape index (κ2) is 3.98. The molecule has 4 heteroatoms. The third-order valence-electron chi connectivity index (χ3n) is 2.31. The number of thiophene rings is 1. The summed E-state index contributed by atoms with van der Waals surface area (Å²) in [6.45, 7) is 1.88. The number of carboxylic acid groups (broad SMARTS) is 1. The van der Waals surface area contributed by atoms with Gasteiger partial charge in [0.1, 0.15) is 10.6 Å². The number of benzene rings is 1. The van der Waals surface area contributed by atoms with Crippen LogP contribution in [-0.4, -0.2) is 16.2 Å². The van der Waals surface area contributed by atoms with E-state index in [2.05, 4.69) is 0 Å². The first-order chi connectivity index (χ1) is 7.59. The van der Waals surface area contributed by atoms with Gasteiger partial charge in [-0.05, 0) is 30.7 Å². The number of hydrogen-bond donors (Lipinski definition) is 2. The van der Waals surface area contributed by atoms with Gasteiger partial charge >= 0.3 is 5.97 Å². The number of phenolic OH excluding ortho intramolecular Hbond substituents is 1. The Labute approximate surface area is 96.6 Å². The van der Waals surface area contributed by atoms with Gasteiger partial charge in [-0.2, -0.15) is 0 Å². The van der Waals surface area contributed by atoms with Crippen LogP contribution in [-0.2, 0) is 0 Å². The van der Waals surface area contributed by atoms with Gasteiger partial charge in [0.2, 0.25) is 0 Å². The molecule has 0 aliphatic heterocycles. The van der Waals surface area contributed by atoms with Crippen molar-refractivity contribution in [1.29, 1.82) is 0 Å². The van der Waals surface area contributed by atoms with Crippen molar-refractivity contribution in [2.75, 3.05) is 0 Å². The molecular weight excluding hydrogens is 224 g/mol. The van der Waals surface area contributed by atoms with Crippen LogP contribution in [0.3, 0.4) is 0 Å². The highest BCUT2D eigenvalue weighted by atomic mass is 32.1. The highest BCUT2D eigenvalue weighted by Gasteiger charge is 2.12. The highest BCUT2D eigenvalue weighted by molar-refractivity contribution is 7.17. The van der Waals surface area contributed by atoms with Gasteiger partial charge in [0.15, 0.2) is 0 Å². The van der Waals surface area contributed by atoms with Crippen molar-refractivity contribution in [1.82, 2.24) is 0 Å². The Kier molecular flexibility index (Phi) is 2.66. The monoisotopic (exact) mass is 234 g/mol. The Bertz CT molecular complexity index is 523. The van der Waals surface area contributed by atoms with E-state index in [1.54, 1.807) is 24.3 Å². The van der Waals surface area contributed by atoms with Crippen molar-refractivity contribution in [3.63, 3.8) is 0 Å². The maximum atomic E-state index is 10.8. The maximum Gasteiger partial charge on any atom is 0.345 e. The molecule has 0 atom stereocenters. The molecule has 0 fully saturated rings. The first-order valence-corrected chi connectivity index (χ1v) is 5.53. The molecule has 0 saturated heterocycles. The molecule has 0 radical (unpaired) electrons. The number of aromatic hydroxyl groups is 1. The van der Waals surface area contributed by atoms with Gasteiger partial charge in [0.05, 0.1) is 0 Å². The summed E-state index contributed by atoms with van der Waals surface area (Å²) in [5.41, 5.74) is 1.64. The van der Waals surface area contributed by atoms with Crippen LogP contribution >= 0.6 is 11.3 Å². The van der Waals surface area contributed by atoms with Crippen molar-refractivity contribution >= 4 is 17.3 Å². The van der Waals surface area contributed by atoms with Crippen molar-refractivity contribution in [2.45, 2.75) is 6.92 Å². The van der Waals surface area contributed by atoms with Crippen LogP contribution in [0, 0.1) is 6.92 Å². The fourth-order valence-corrected chi connectivity index (χ4v) is 2.52. The molecule has 16 heavy (non-hydrogen) atoms. The standard InChI is InChI=1S/C12H10O3S/c1-7-3-2-4-8(13)11(7)9-5-6-10(16-9)12(14)15/h2-6,13H,1H3,(H,14,15). The summed E-state index contributed by atoms with van der Waals surface area (Å²) in [5.74, 6) is -0.761. The topological polar surface area (TPSA) is 57.5 Å². The molecule has 3 nitrogen and oxygen atoms in total. The number of carboxylic acids is 1. The van der Waals surface area contributed by atoms with E-state index < -0.39 is 5.97 Å². The minimum Gasteiger partial charge on any atom is -0.507 e. The molecule has 0 amide bonds. The average molecular weight is 234 g/mol. The van der Waals surface area contributed by atoms with Gasteiger partial charge < -0.3 is 10.2 Å². The molecule has 2 aromatic rings. The zero-order chi connectivity index (χ0) is 11.7. The maximum absolute atomic E-state index is 10.8. The molecule has 0 aliphatic rings. The average Bonchev–Trinajstić information content (AvgIpc) is 2.66. The molecule has 1 aromatic carbocycles. The minimum absolute atomic E-state index is 0.179. The largest absolute Gasteiger partial charge is 0.507 e. The van der Waals surface area contributed by atoms with Crippen LogP contribution in [0.4, 0.5) is 0 Å². The number of carbonyl (C=O) groups is 1. The van der Waals surface area contributed by atoms with Crippen molar-refractivity contribution in [2.24, 2.45) is 0 Å². The summed E-state index contributed by atoms with van der Waals surface area (Å²) in [6, 6.07) is 8.52. The first kappa shape index (κ1) is 10.7. The second-order valence-electron chi connectivity index (χ2n) is 3.44. The van der Waals surface area contributed by atoms with E-state index in [9.17, 15) is 9.90 Å². The van der Waals surface area contributed by atoms with Crippen LogP contribution in [0.15, 0.2) is 30.3 Å². The third-order valence-corrected chi connectivity index (χ3v) is 3.40. The molecule has 1 aromatic heterocycles. The highest BCUT2D eigenvalue weighted by Crippen LogP contribution is 2.36. The number of phenols is 1. The molecule has 0 aliphatic carbocycles. The Morgan fingerprint density at radius 2 is 2.00 bits per heavy atom. The zero-order valence-electron chi connectivity index (χ0n) is 8.60. The lowest BCUT2D eigenvalue weighted by atomic mass is 10.1. The van der Waals surface area contributed by atoms with Gasteiger partial charge in [-0.1, -0.05) is 12.1 Å². The SMILES string of the molecule is Cc1cccc(O)c1-c1ccc(C(=O)O)s1. The molecule has 1 heterocycles. The smallest absolute Gasteiger partial charge is 0.345 e. The van der Waals surface area contributed by atoms with E-state index in [-0.39, 0.29) is 10.6 Å². The Balaban J connectivity index is 2.54. The van der Waals surface area contributed by atoms with Crippen LogP contribution in [0.25, 0.3) is 10.4 Å². The van der Waals surface area contributed by atoms with Gasteiger partial charge in [-0.15, -0.1) is 11.3 Å². The second-order valence-corrected chi connectivity index (χ2v) is 4.52. The van der Waals surface area contributed by atoms with Crippen LogP contribution in [0.5, 0.6) is 5.75 Å². The summed E-state index contributed by atoms with van der Waals surface area (Å²) in [4.78, 5) is 11.8. The molecule has 82 valence electrons. The predicted octanol–water partition coefficient (Wildman–Crippen LogP) is 3.13. The molecule has 2 N–H and O–H groups in total. The van der Waals surface area contributed by atoms with E-state index in [1.807, 2.05) is 13.0 Å². The van der Waals surface area contributed by atoms with E-state index in [1.165, 1.54) is 0 Å². The van der Waals surface area contributed by atoms with Crippen molar-refractivity contribution in [3.05, 3.63) is 40.8 Å². The number of aromatic carboxylic acids is 1. The summed E-state index contributed by atoms with van der Waals surface area (Å²) in [5, 5.41) is 18.6. The Morgan fingerprint density at radius 1 is 1.25 bits per heavy atom. The lowest BCUT2D eigenvalue weighted by molar-refractivity contribution is 0.0702. The van der Waals surface area contributed by atoms with Crippen LogP contribution in [0.1, 0.15) is 15.2 Å². The molecule has 0 bridgehead atoms. The van der Waals surface area contributed by atoms with E-state index in [4.69, 9.17) is 5.11 Å². The fourth-order valence-electron chi connectivity index (χ4n) is 1.56. The zero-order valence-corrected chi connectivity index (χ0v) is 9.41. The number of hydrogen-bond acceptors (Lipinski definition) is 3. The molecule has 0 unspecified atom stereocenters. The third kappa shape index (κ3) is 1.79. The van der Waals surface area contributed by atoms with E-state index in [0.717, 1.165) is 21.8 Å². The molecule has 0 spiro atoms. The molecule has 2 rings (SSSR count). The van der Waals surface area contributed by atoms with Gasteiger partial charge in [-0.25, -0.2) is 4.79 Å².